The molecule has 0 spiro atoms. The van der Waals surface area contributed by atoms with Gasteiger partial charge in [-0.25, -0.2) is 0 Å². The van der Waals surface area contributed by atoms with E-state index in [1.165, 1.54) is 0 Å². The number of aryl methyl sites for hydroxylation is 1. The quantitative estimate of drug-likeness (QED) is 0.815. The highest BCUT2D eigenvalue weighted by atomic mass is 79.9. The maximum Gasteiger partial charge on any atom is 0.146 e. The first-order chi connectivity index (χ1) is 8.08. The molecule has 2 rings (SSSR count). The summed E-state index contributed by atoms with van der Waals surface area (Å²) in [6.07, 6.45) is 3.45. The molecule has 0 atom stereocenters. The monoisotopic (exact) mass is 356 g/mol. The van der Waals surface area contributed by atoms with Gasteiger partial charge in [-0.05, 0) is 62.5 Å². The number of halogens is 2. The van der Waals surface area contributed by atoms with Gasteiger partial charge in [-0.2, -0.15) is 0 Å². The number of nitrogens with two attached hydrogens (primary N) is 1. The first kappa shape index (κ1) is 12.4. The first-order valence-corrected chi connectivity index (χ1v) is 6.49. The van der Waals surface area contributed by atoms with E-state index in [1.807, 2.05) is 19.1 Å². The largest absolute Gasteiger partial charge is 0.455 e. The van der Waals surface area contributed by atoms with Gasteiger partial charge in [0.15, 0.2) is 0 Å². The van der Waals surface area contributed by atoms with Crippen molar-refractivity contribution in [1.29, 1.82) is 0 Å². The Morgan fingerprint density at radius 3 is 2.65 bits per heavy atom. The zero-order valence-corrected chi connectivity index (χ0v) is 12.2. The van der Waals surface area contributed by atoms with Crippen molar-refractivity contribution in [2.24, 2.45) is 0 Å². The molecule has 88 valence electrons. The Morgan fingerprint density at radius 1 is 1.18 bits per heavy atom. The summed E-state index contributed by atoms with van der Waals surface area (Å²) in [7, 11) is 0. The minimum atomic E-state index is 0.659. The number of nitrogens with zero attached hydrogens (tertiary/aromatic N) is 1. The third-order valence-electron chi connectivity index (χ3n) is 2.15. The van der Waals surface area contributed by atoms with E-state index in [9.17, 15) is 0 Å². The third kappa shape index (κ3) is 2.79. The molecule has 1 heterocycles. The van der Waals surface area contributed by atoms with Crippen LogP contribution in [0, 0.1) is 6.92 Å². The number of ether oxygens (including phenoxy) is 1. The Hall–Kier alpha value is -1.07. The summed E-state index contributed by atoms with van der Waals surface area (Å²) < 4.78 is 7.31. The number of hydrogen-bond donors (Lipinski definition) is 1. The highest BCUT2D eigenvalue weighted by Crippen LogP contribution is 2.38. The Morgan fingerprint density at radius 2 is 1.94 bits per heavy atom. The molecular formula is C12H10Br2N2O. The maximum atomic E-state index is 5.76. The second-order valence-corrected chi connectivity index (χ2v) is 5.17. The SMILES string of the molecule is Cc1cncc(Oc2ccc(N)c(Br)c2Br)c1. The van der Waals surface area contributed by atoms with Crippen LogP contribution >= 0.6 is 31.9 Å². The van der Waals surface area contributed by atoms with Gasteiger partial charge in [-0.15, -0.1) is 0 Å². The Balaban J connectivity index is 2.34. The van der Waals surface area contributed by atoms with Crippen LogP contribution in [0.15, 0.2) is 39.5 Å². The van der Waals surface area contributed by atoms with Gasteiger partial charge in [0, 0.05) is 11.9 Å². The highest BCUT2D eigenvalue weighted by molar-refractivity contribution is 9.13. The lowest BCUT2D eigenvalue weighted by Crippen LogP contribution is -1.91. The molecule has 0 radical (unpaired) electrons. The van der Waals surface area contributed by atoms with Crippen molar-refractivity contribution >= 4 is 37.5 Å². The Labute approximate surface area is 116 Å². The molecule has 0 bridgehead atoms. The fraction of sp³-hybridized carbons (Fsp3) is 0.0833. The van der Waals surface area contributed by atoms with Crippen LogP contribution in [0.1, 0.15) is 5.56 Å². The molecule has 0 unspecified atom stereocenters. The molecule has 0 aliphatic rings. The number of aromatic nitrogens is 1. The van der Waals surface area contributed by atoms with E-state index < -0.39 is 0 Å². The predicted molar refractivity (Wildman–Crippen MR) is 75.3 cm³/mol. The van der Waals surface area contributed by atoms with Crippen LogP contribution in [0.2, 0.25) is 0 Å². The molecule has 2 N–H and O–H groups in total. The van der Waals surface area contributed by atoms with Crippen LogP contribution in [-0.2, 0) is 0 Å². The van der Waals surface area contributed by atoms with Gasteiger partial charge in [-0.1, -0.05) is 0 Å². The van der Waals surface area contributed by atoms with Crippen LogP contribution in [0.25, 0.3) is 0 Å². The summed E-state index contributed by atoms with van der Waals surface area (Å²) in [6, 6.07) is 5.52. The van der Waals surface area contributed by atoms with E-state index in [-0.39, 0.29) is 0 Å². The summed E-state index contributed by atoms with van der Waals surface area (Å²) >= 11 is 6.83. The van der Waals surface area contributed by atoms with E-state index in [0.717, 1.165) is 14.5 Å². The van der Waals surface area contributed by atoms with E-state index >= 15 is 0 Å². The molecule has 1 aromatic carbocycles. The smallest absolute Gasteiger partial charge is 0.146 e. The second kappa shape index (κ2) is 5.06. The van der Waals surface area contributed by atoms with Gasteiger partial charge < -0.3 is 10.5 Å². The van der Waals surface area contributed by atoms with Gasteiger partial charge in [0.05, 0.1) is 15.1 Å². The first-order valence-electron chi connectivity index (χ1n) is 4.91. The van der Waals surface area contributed by atoms with Crippen molar-refractivity contribution in [2.75, 3.05) is 5.73 Å². The lowest BCUT2D eigenvalue weighted by atomic mass is 10.3. The Bertz CT molecular complexity index is 558. The minimum absolute atomic E-state index is 0.659. The lowest BCUT2D eigenvalue weighted by molar-refractivity contribution is 0.476. The molecule has 1 aromatic heterocycles. The minimum Gasteiger partial charge on any atom is -0.455 e. The van der Waals surface area contributed by atoms with Gasteiger partial charge in [0.25, 0.3) is 0 Å². The zero-order valence-electron chi connectivity index (χ0n) is 9.08. The number of pyridine rings is 1. The van der Waals surface area contributed by atoms with Crippen molar-refractivity contribution < 1.29 is 4.74 Å². The topological polar surface area (TPSA) is 48.1 Å². The van der Waals surface area contributed by atoms with Gasteiger partial charge >= 0.3 is 0 Å². The maximum absolute atomic E-state index is 5.76. The number of rotatable bonds is 2. The standard InChI is InChI=1S/C12H10Br2N2O/c1-7-4-8(6-16-5-7)17-10-3-2-9(15)11(13)12(10)14/h2-6H,15H2,1H3. The summed E-state index contributed by atoms with van der Waals surface area (Å²) in [5, 5.41) is 0. The van der Waals surface area contributed by atoms with Crippen molar-refractivity contribution in [3.05, 3.63) is 45.1 Å². The summed E-state index contributed by atoms with van der Waals surface area (Å²) in [6.45, 7) is 1.97. The van der Waals surface area contributed by atoms with E-state index in [2.05, 4.69) is 36.8 Å². The number of nitrogen functional groups attached to an aromatic ring is 1. The second-order valence-electron chi connectivity index (χ2n) is 3.58. The summed E-state index contributed by atoms with van der Waals surface area (Å²) in [4.78, 5) is 4.07. The number of benzene rings is 1. The molecule has 3 nitrogen and oxygen atoms in total. The molecule has 0 saturated carbocycles. The zero-order chi connectivity index (χ0) is 12.4. The molecule has 0 amide bonds. The van der Waals surface area contributed by atoms with Crippen molar-refractivity contribution in [3.8, 4) is 11.5 Å². The van der Waals surface area contributed by atoms with Crippen molar-refractivity contribution in [2.45, 2.75) is 6.92 Å². The highest BCUT2D eigenvalue weighted by Gasteiger charge is 2.09. The fourth-order valence-corrected chi connectivity index (χ4v) is 2.11. The molecule has 5 heteroatoms. The van der Waals surface area contributed by atoms with E-state index in [1.54, 1.807) is 18.5 Å². The lowest BCUT2D eigenvalue weighted by Gasteiger charge is -2.10. The average molecular weight is 358 g/mol. The van der Waals surface area contributed by atoms with Crippen molar-refractivity contribution in [1.82, 2.24) is 4.98 Å². The molecule has 0 aliphatic heterocycles. The number of anilines is 1. The molecular weight excluding hydrogens is 348 g/mol. The van der Waals surface area contributed by atoms with Crippen LogP contribution in [0.3, 0.4) is 0 Å². The normalized spacial score (nSPS) is 10.3. The molecule has 0 aliphatic carbocycles. The molecule has 2 aromatic rings. The van der Waals surface area contributed by atoms with Gasteiger partial charge in [0.1, 0.15) is 11.5 Å². The van der Waals surface area contributed by atoms with Crippen LogP contribution in [0.5, 0.6) is 11.5 Å². The van der Waals surface area contributed by atoms with Crippen LogP contribution < -0.4 is 10.5 Å². The molecule has 0 saturated heterocycles. The fourth-order valence-electron chi connectivity index (χ4n) is 1.34. The average Bonchev–Trinajstić information content (AvgIpc) is 2.30. The Kier molecular flexibility index (Phi) is 3.69. The number of hydrogen-bond acceptors (Lipinski definition) is 3. The van der Waals surface area contributed by atoms with Gasteiger partial charge in [-0.3, -0.25) is 4.98 Å². The van der Waals surface area contributed by atoms with E-state index in [0.29, 0.717) is 17.2 Å². The molecule has 17 heavy (non-hydrogen) atoms. The summed E-state index contributed by atoms with van der Waals surface area (Å²) in [5.74, 6) is 1.39. The predicted octanol–water partition coefficient (Wildman–Crippen LogP) is 4.29. The summed E-state index contributed by atoms with van der Waals surface area (Å²) in [5.41, 5.74) is 7.47. The molecule has 0 fully saturated rings. The van der Waals surface area contributed by atoms with Crippen LogP contribution in [0.4, 0.5) is 5.69 Å². The third-order valence-corrected chi connectivity index (χ3v) is 4.33. The van der Waals surface area contributed by atoms with Gasteiger partial charge in [0.2, 0.25) is 0 Å². The van der Waals surface area contributed by atoms with Crippen molar-refractivity contribution in [3.63, 3.8) is 0 Å². The van der Waals surface area contributed by atoms with Crippen LogP contribution in [-0.4, -0.2) is 4.98 Å². The van der Waals surface area contributed by atoms with E-state index in [4.69, 9.17) is 10.5 Å².